The van der Waals surface area contributed by atoms with E-state index < -0.39 is 17.2 Å². The molecule has 1 aliphatic rings. The van der Waals surface area contributed by atoms with E-state index in [2.05, 4.69) is 4.98 Å². The molecule has 1 saturated heterocycles. The number of rotatable bonds is 2. The Morgan fingerprint density at radius 3 is 2.76 bits per heavy atom. The number of hydrogen-bond acceptors (Lipinski definition) is 2. The van der Waals surface area contributed by atoms with Crippen molar-refractivity contribution in [2.75, 3.05) is 13.6 Å². The van der Waals surface area contributed by atoms with E-state index in [0.717, 1.165) is 0 Å². The molecular weight excluding hydrogens is 316 g/mol. The molecule has 0 bridgehead atoms. The van der Waals surface area contributed by atoms with Gasteiger partial charge in [-0.1, -0.05) is 11.6 Å². The zero-order chi connectivity index (χ0) is 15.3. The Bertz CT molecular complexity index is 729. The average Bonchev–Trinajstić information content (AvgIpc) is 2.93. The smallest absolute Gasteiger partial charge is 0.245 e. The van der Waals surface area contributed by atoms with Crippen LogP contribution in [0.2, 0.25) is 5.02 Å². The highest BCUT2D eigenvalue weighted by Crippen LogP contribution is 2.34. The summed E-state index contributed by atoms with van der Waals surface area (Å²) in [5.41, 5.74) is 1.10. The molecular formula is C14H14Cl2FN3O. The number of nitrogens with zero attached hydrogens (tertiary/aromatic N) is 3. The third kappa shape index (κ3) is 2.28. The lowest BCUT2D eigenvalue weighted by Crippen LogP contribution is -2.25. The van der Waals surface area contributed by atoms with Crippen molar-refractivity contribution in [1.29, 1.82) is 0 Å². The number of hydrogen-bond donors (Lipinski definition) is 0. The van der Waals surface area contributed by atoms with E-state index in [9.17, 15) is 9.18 Å². The van der Waals surface area contributed by atoms with Gasteiger partial charge in [-0.3, -0.25) is 4.79 Å². The van der Waals surface area contributed by atoms with E-state index in [1.807, 2.05) is 0 Å². The first-order valence-corrected chi connectivity index (χ1v) is 7.47. The Labute approximate surface area is 131 Å². The van der Waals surface area contributed by atoms with Crippen LogP contribution >= 0.6 is 23.2 Å². The number of carbonyl (C=O) groups excluding carboxylic acids is 1. The minimum absolute atomic E-state index is 0.00999. The Morgan fingerprint density at radius 2 is 2.19 bits per heavy atom. The van der Waals surface area contributed by atoms with Gasteiger partial charge < -0.3 is 9.47 Å². The number of imidazole rings is 1. The maximum absolute atomic E-state index is 13.8. The average molecular weight is 330 g/mol. The van der Waals surface area contributed by atoms with Crippen LogP contribution in [0.3, 0.4) is 0 Å². The fourth-order valence-corrected chi connectivity index (χ4v) is 3.07. The number of halogens is 3. The Kier molecular flexibility index (Phi) is 3.58. The second-order valence-electron chi connectivity index (χ2n) is 5.28. The summed E-state index contributed by atoms with van der Waals surface area (Å²) >= 11 is 12.0. The van der Waals surface area contributed by atoms with Gasteiger partial charge in [-0.25, -0.2) is 9.37 Å². The van der Waals surface area contributed by atoms with Gasteiger partial charge in [-0.15, -0.1) is 11.6 Å². The van der Waals surface area contributed by atoms with E-state index in [4.69, 9.17) is 23.2 Å². The molecule has 3 rings (SSSR count). The van der Waals surface area contributed by atoms with Crippen molar-refractivity contribution in [2.45, 2.75) is 24.8 Å². The number of likely N-dealkylation sites (N-methyl/N-ethyl adjacent to an activating group) is 1. The SMILES string of the molecule is CC(Cl)c1nc2cc(Cl)c(F)cc2n1C1CCN(C)C1=O. The monoisotopic (exact) mass is 329 g/mol. The summed E-state index contributed by atoms with van der Waals surface area (Å²) in [4.78, 5) is 18.4. The molecule has 112 valence electrons. The molecule has 1 aromatic carbocycles. The van der Waals surface area contributed by atoms with Crippen molar-refractivity contribution >= 4 is 40.1 Å². The summed E-state index contributed by atoms with van der Waals surface area (Å²) in [5, 5.41) is -0.381. The summed E-state index contributed by atoms with van der Waals surface area (Å²) in [6.07, 6.45) is 0.654. The molecule has 1 fully saturated rings. The summed E-state index contributed by atoms with van der Waals surface area (Å²) in [5.74, 6) is 0.0168. The molecule has 2 heterocycles. The van der Waals surface area contributed by atoms with Crippen LogP contribution in [0.15, 0.2) is 12.1 Å². The number of benzene rings is 1. The van der Waals surface area contributed by atoms with Gasteiger partial charge in [0.2, 0.25) is 5.91 Å². The predicted molar refractivity (Wildman–Crippen MR) is 80.3 cm³/mol. The highest BCUT2D eigenvalue weighted by atomic mass is 35.5. The molecule has 1 aromatic heterocycles. The lowest BCUT2D eigenvalue weighted by molar-refractivity contribution is -0.129. The Hall–Kier alpha value is -1.33. The number of likely N-dealkylation sites (tertiary alicyclic amines) is 1. The standard InChI is InChI=1S/C14H14Cl2FN3O/c1-7(15)13-18-10-5-8(16)9(17)6-12(10)20(13)11-3-4-19(2)14(11)21/h5-7,11H,3-4H2,1-2H3. The minimum Gasteiger partial charge on any atom is -0.344 e. The van der Waals surface area contributed by atoms with Gasteiger partial charge in [0.1, 0.15) is 17.7 Å². The summed E-state index contributed by atoms with van der Waals surface area (Å²) < 4.78 is 15.5. The van der Waals surface area contributed by atoms with Crippen LogP contribution in [0, 0.1) is 5.82 Å². The maximum atomic E-state index is 13.8. The first kappa shape index (κ1) is 14.6. The lowest BCUT2D eigenvalue weighted by Gasteiger charge is -2.17. The van der Waals surface area contributed by atoms with Crippen LogP contribution in [0.25, 0.3) is 11.0 Å². The second-order valence-corrected chi connectivity index (χ2v) is 6.34. The number of alkyl halides is 1. The zero-order valence-electron chi connectivity index (χ0n) is 11.6. The van der Waals surface area contributed by atoms with Crippen molar-refractivity contribution in [3.05, 3.63) is 28.8 Å². The molecule has 0 spiro atoms. The van der Waals surface area contributed by atoms with Crippen LogP contribution in [0.1, 0.15) is 30.6 Å². The molecule has 2 unspecified atom stereocenters. The minimum atomic E-state index is -0.530. The lowest BCUT2D eigenvalue weighted by atomic mass is 10.2. The molecule has 4 nitrogen and oxygen atoms in total. The van der Waals surface area contributed by atoms with Gasteiger partial charge in [-0.2, -0.15) is 0 Å². The molecule has 21 heavy (non-hydrogen) atoms. The second kappa shape index (κ2) is 5.14. The van der Waals surface area contributed by atoms with E-state index in [-0.39, 0.29) is 10.9 Å². The van der Waals surface area contributed by atoms with Crippen molar-refractivity contribution in [3.8, 4) is 0 Å². The van der Waals surface area contributed by atoms with Gasteiger partial charge in [-0.05, 0) is 19.4 Å². The van der Waals surface area contributed by atoms with Crippen LogP contribution < -0.4 is 0 Å². The summed E-state index contributed by atoms with van der Waals surface area (Å²) in [6.45, 7) is 2.44. The van der Waals surface area contributed by atoms with Gasteiger partial charge in [0.05, 0.1) is 21.4 Å². The first-order chi connectivity index (χ1) is 9.90. The Morgan fingerprint density at radius 1 is 1.48 bits per heavy atom. The quantitative estimate of drug-likeness (QED) is 0.790. The number of aromatic nitrogens is 2. The van der Waals surface area contributed by atoms with Crippen LogP contribution in [-0.4, -0.2) is 34.0 Å². The van der Waals surface area contributed by atoms with Crippen molar-refractivity contribution in [2.24, 2.45) is 0 Å². The molecule has 7 heteroatoms. The fraction of sp³-hybridized carbons (Fsp3) is 0.429. The normalized spacial score (nSPS) is 20.5. The van der Waals surface area contributed by atoms with Gasteiger partial charge in [0.15, 0.2) is 0 Å². The summed E-state index contributed by atoms with van der Waals surface area (Å²) in [7, 11) is 1.75. The van der Waals surface area contributed by atoms with Gasteiger partial charge in [0, 0.05) is 19.7 Å². The molecule has 0 N–H and O–H groups in total. The van der Waals surface area contributed by atoms with Gasteiger partial charge in [0.25, 0.3) is 0 Å². The molecule has 2 atom stereocenters. The summed E-state index contributed by atoms with van der Waals surface area (Å²) in [6, 6.07) is 2.39. The van der Waals surface area contributed by atoms with Crippen molar-refractivity contribution in [3.63, 3.8) is 0 Å². The molecule has 1 aliphatic heterocycles. The van der Waals surface area contributed by atoms with Crippen molar-refractivity contribution < 1.29 is 9.18 Å². The molecule has 0 saturated carbocycles. The maximum Gasteiger partial charge on any atom is 0.245 e. The molecule has 2 aromatic rings. The number of amides is 1. The highest BCUT2D eigenvalue weighted by molar-refractivity contribution is 6.31. The highest BCUT2D eigenvalue weighted by Gasteiger charge is 2.34. The fourth-order valence-electron chi connectivity index (χ4n) is 2.76. The van der Waals surface area contributed by atoms with Crippen molar-refractivity contribution in [1.82, 2.24) is 14.5 Å². The number of fused-ring (bicyclic) bond motifs is 1. The van der Waals surface area contributed by atoms with E-state index >= 15 is 0 Å². The van der Waals surface area contributed by atoms with Crippen LogP contribution in [0.4, 0.5) is 4.39 Å². The van der Waals surface area contributed by atoms with Crippen LogP contribution in [0.5, 0.6) is 0 Å². The Balaban J connectivity index is 2.26. The molecule has 1 amide bonds. The predicted octanol–water partition coefficient (Wildman–Crippen LogP) is 3.53. The first-order valence-electron chi connectivity index (χ1n) is 6.66. The van der Waals surface area contributed by atoms with Crippen LogP contribution in [-0.2, 0) is 4.79 Å². The zero-order valence-corrected chi connectivity index (χ0v) is 13.1. The third-order valence-electron chi connectivity index (χ3n) is 3.83. The molecule has 0 aliphatic carbocycles. The number of carbonyl (C=O) groups is 1. The van der Waals surface area contributed by atoms with Gasteiger partial charge >= 0.3 is 0 Å². The topological polar surface area (TPSA) is 38.1 Å². The largest absolute Gasteiger partial charge is 0.344 e. The van der Waals surface area contributed by atoms with E-state index in [1.165, 1.54) is 12.1 Å². The van der Waals surface area contributed by atoms with E-state index in [0.29, 0.717) is 29.8 Å². The third-order valence-corrected chi connectivity index (χ3v) is 4.31. The van der Waals surface area contributed by atoms with E-state index in [1.54, 1.807) is 23.4 Å². The molecule has 0 radical (unpaired) electrons.